The summed E-state index contributed by atoms with van der Waals surface area (Å²) in [5.74, 6) is 0. The van der Waals surface area contributed by atoms with Crippen LogP contribution in [0.15, 0.2) is 12.1 Å². The summed E-state index contributed by atoms with van der Waals surface area (Å²) >= 11 is 6.06. The lowest BCUT2D eigenvalue weighted by molar-refractivity contribution is 0.112. The molecule has 0 atom stereocenters. The zero-order valence-electron chi connectivity index (χ0n) is 7.35. The number of rotatable bonds is 1. The predicted molar refractivity (Wildman–Crippen MR) is 53.5 cm³/mol. The van der Waals surface area contributed by atoms with Crippen molar-refractivity contribution in [1.29, 1.82) is 0 Å². The number of halogens is 1. The van der Waals surface area contributed by atoms with Crippen LogP contribution in [0.3, 0.4) is 0 Å². The highest BCUT2D eigenvalue weighted by Crippen LogP contribution is 2.29. The largest absolute Gasteiger partial charge is 0.298 e. The zero-order chi connectivity index (χ0) is 9.26. The highest BCUT2D eigenvalue weighted by molar-refractivity contribution is 6.31. The summed E-state index contributed by atoms with van der Waals surface area (Å²) in [6.07, 6.45) is 5.32. The Bertz CT molecular complexity index is 344. The quantitative estimate of drug-likeness (QED) is 0.628. The smallest absolute Gasteiger partial charge is 0.150 e. The number of carbonyl (C=O) groups excluding carboxylic acids is 1. The van der Waals surface area contributed by atoms with Gasteiger partial charge in [-0.05, 0) is 48.9 Å². The van der Waals surface area contributed by atoms with Crippen molar-refractivity contribution < 1.29 is 4.79 Å². The van der Waals surface area contributed by atoms with E-state index in [9.17, 15) is 4.79 Å². The molecule has 1 aliphatic carbocycles. The minimum atomic E-state index is 0.819. The summed E-state index contributed by atoms with van der Waals surface area (Å²) < 4.78 is 0. The number of carbonyl (C=O) groups is 1. The summed E-state index contributed by atoms with van der Waals surface area (Å²) in [6.45, 7) is 0. The molecule has 0 bridgehead atoms. The van der Waals surface area contributed by atoms with Gasteiger partial charge in [0.25, 0.3) is 0 Å². The van der Waals surface area contributed by atoms with Crippen LogP contribution in [0, 0.1) is 0 Å². The fourth-order valence-electron chi connectivity index (χ4n) is 1.96. The number of aldehydes is 1. The summed E-state index contributed by atoms with van der Waals surface area (Å²) in [5, 5.41) is 0.820. The maximum atomic E-state index is 10.7. The Morgan fingerprint density at radius 2 is 1.85 bits per heavy atom. The number of hydrogen-bond acceptors (Lipinski definition) is 1. The summed E-state index contributed by atoms with van der Waals surface area (Å²) in [5.41, 5.74) is 3.19. The van der Waals surface area contributed by atoms with Crippen LogP contribution in [0.4, 0.5) is 0 Å². The van der Waals surface area contributed by atoms with Crippen molar-refractivity contribution in [3.8, 4) is 0 Å². The SMILES string of the molecule is O=Cc1ccc(Cl)c2c1CCCC2. The number of hydrogen-bond donors (Lipinski definition) is 0. The maximum Gasteiger partial charge on any atom is 0.150 e. The van der Waals surface area contributed by atoms with Gasteiger partial charge in [-0.3, -0.25) is 4.79 Å². The third-order valence-electron chi connectivity index (χ3n) is 2.64. The lowest BCUT2D eigenvalue weighted by Crippen LogP contribution is -2.06. The Labute approximate surface area is 82.7 Å². The van der Waals surface area contributed by atoms with Gasteiger partial charge in [-0.1, -0.05) is 11.6 Å². The van der Waals surface area contributed by atoms with Gasteiger partial charge in [-0.15, -0.1) is 0 Å². The summed E-state index contributed by atoms with van der Waals surface area (Å²) in [6, 6.07) is 3.65. The van der Waals surface area contributed by atoms with E-state index in [4.69, 9.17) is 11.6 Å². The molecular formula is C11H11ClO. The van der Waals surface area contributed by atoms with Crippen LogP contribution in [-0.2, 0) is 12.8 Å². The van der Waals surface area contributed by atoms with Crippen molar-refractivity contribution in [1.82, 2.24) is 0 Å². The summed E-state index contributed by atoms with van der Waals surface area (Å²) in [4.78, 5) is 10.7. The fourth-order valence-corrected chi connectivity index (χ4v) is 2.23. The van der Waals surface area contributed by atoms with E-state index in [1.807, 2.05) is 12.1 Å². The summed E-state index contributed by atoms with van der Waals surface area (Å²) in [7, 11) is 0. The molecule has 0 unspecified atom stereocenters. The van der Waals surface area contributed by atoms with Crippen LogP contribution < -0.4 is 0 Å². The van der Waals surface area contributed by atoms with Gasteiger partial charge >= 0.3 is 0 Å². The molecule has 0 heterocycles. The molecule has 13 heavy (non-hydrogen) atoms. The van der Waals surface area contributed by atoms with Gasteiger partial charge < -0.3 is 0 Å². The fraction of sp³-hybridized carbons (Fsp3) is 0.364. The standard InChI is InChI=1S/C11H11ClO/c12-11-6-5-8(7-13)9-3-1-2-4-10(9)11/h5-7H,1-4H2. The van der Waals surface area contributed by atoms with E-state index in [0.29, 0.717) is 0 Å². The van der Waals surface area contributed by atoms with Crippen molar-refractivity contribution >= 4 is 17.9 Å². The second kappa shape index (κ2) is 3.51. The van der Waals surface area contributed by atoms with Crippen molar-refractivity contribution in [2.45, 2.75) is 25.7 Å². The van der Waals surface area contributed by atoms with Crippen molar-refractivity contribution in [2.75, 3.05) is 0 Å². The van der Waals surface area contributed by atoms with Crippen LogP contribution in [0.1, 0.15) is 34.3 Å². The van der Waals surface area contributed by atoms with Crippen molar-refractivity contribution in [2.24, 2.45) is 0 Å². The highest BCUT2D eigenvalue weighted by atomic mass is 35.5. The minimum absolute atomic E-state index is 0.819. The maximum absolute atomic E-state index is 10.7. The van der Waals surface area contributed by atoms with Crippen LogP contribution in [0.25, 0.3) is 0 Å². The first-order chi connectivity index (χ1) is 6.33. The van der Waals surface area contributed by atoms with Crippen LogP contribution >= 0.6 is 11.6 Å². The van der Waals surface area contributed by atoms with Gasteiger partial charge in [-0.2, -0.15) is 0 Å². The molecule has 0 saturated carbocycles. The van der Waals surface area contributed by atoms with Gasteiger partial charge in [0.15, 0.2) is 0 Å². The third-order valence-corrected chi connectivity index (χ3v) is 2.99. The molecule has 0 radical (unpaired) electrons. The highest BCUT2D eigenvalue weighted by Gasteiger charge is 2.15. The van der Waals surface area contributed by atoms with Gasteiger partial charge in [-0.25, -0.2) is 0 Å². The molecule has 1 aromatic carbocycles. The zero-order valence-corrected chi connectivity index (χ0v) is 8.10. The molecule has 68 valence electrons. The molecule has 1 nitrogen and oxygen atoms in total. The average Bonchev–Trinajstić information content (AvgIpc) is 2.19. The average molecular weight is 195 g/mol. The molecular weight excluding hydrogens is 184 g/mol. The Hall–Kier alpha value is -0.820. The molecule has 0 N–H and O–H groups in total. The van der Waals surface area contributed by atoms with Crippen LogP contribution in [0.2, 0.25) is 5.02 Å². The molecule has 0 saturated heterocycles. The van der Waals surface area contributed by atoms with Gasteiger partial charge in [0.1, 0.15) is 6.29 Å². The van der Waals surface area contributed by atoms with E-state index in [-0.39, 0.29) is 0 Å². The first kappa shape index (κ1) is 8.76. The Morgan fingerprint density at radius 1 is 1.15 bits per heavy atom. The van der Waals surface area contributed by atoms with E-state index in [0.717, 1.165) is 29.7 Å². The lowest BCUT2D eigenvalue weighted by atomic mass is 9.88. The molecule has 0 spiro atoms. The minimum Gasteiger partial charge on any atom is -0.298 e. The second-order valence-electron chi connectivity index (χ2n) is 3.42. The van der Waals surface area contributed by atoms with E-state index in [1.165, 1.54) is 24.0 Å². The molecule has 0 fully saturated rings. The molecule has 1 aliphatic rings. The van der Waals surface area contributed by atoms with E-state index in [1.54, 1.807) is 0 Å². The van der Waals surface area contributed by atoms with Gasteiger partial charge in [0.2, 0.25) is 0 Å². The van der Waals surface area contributed by atoms with E-state index >= 15 is 0 Å². The Kier molecular flexibility index (Phi) is 2.36. The van der Waals surface area contributed by atoms with E-state index in [2.05, 4.69) is 0 Å². The number of benzene rings is 1. The third kappa shape index (κ3) is 1.49. The van der Waals surface area contributed by atoms with Gasteiger partial charge in [0, 0.05) is 10.6 Å². The normalized spacial score (nSPS) is 15.2. The molecule has 2 heteroatoms. The predicted octanol–water partition coefficient (Wildman–Crippen LogP) is 3.03. The monoisotopic (exact) mass is 194 g/mol. The molecule has 0 amide bonds. The van der Waals surface area contributed by atoms with Crippen LogP contribution in [0.5, 0.6) is 0 Å². The Morgan fingerprint density at radius 3 is 2.54 bits per heavy atom. The van der Waals surface area contributed by atoms with Crippen LogP contribution in [-0.4, -0.2) is 6.29 Å². The lowest BCUT2D eigenvalue weighted by Gasteiger charge is -2.18. The molecule has 0 aliphatic heterocycles. The number of fused-ring (bicyclic) bond motifs is 1. The van der Waals surface area contributed by atoms with Crippen molar-refractivity contribution in [3.63, 3.8) is 0 Å². The van der Waals surface area contributed by atoms with Crippen molar-refractivity contribution in [3.05, 3.63) is 33.8 Å². The first-order valence-electron chi connectivity index (χ1n) is 4.58. The van der Waals surface area contributed by atoms with Gasteiger partial charge in [0.05, 0.1) is 0 Å². The molecule has 2 rings (SSSR count). The Balaban J connectivity index is 2.58. The molecule has 0 aromatic heterocycles. The second-order valence-corrected chi connectivity index (χ2v) is 3.83. The topological polar surface area (TPSA) is 17.1 Å². The van der Waals surface area contributed by atoms with E-state index < -0.39 is 0 Å². The first-order valence-corrected chi connectivity index (χ1v) is 4.96. The molecule has 1 aromatic rings.